The van der Waals surface area contributed by atoms with Gasteiger partial charge in [-0.25, -0.2) is 14.8 Å². The van der Waals surface area contributed by atoms with Gasteiger partial charge in [0.15, 0.2) is 0 Å². The number of nitrogens with zero attached hydrogens (tertiary/aromatic N) is 2. The number of hydrogen-bond donors (Lipinski definition) is 1. The molecule has 0 aliphatic carbocycles. The first-order valence-corrected chi connectivity index (χ1v) is 7.20. The fraction of sp³-hybridized carbons (Fsp3) is 0.308. The molecule has 0 radical (unpaired) electrons. The Morgan fingerprint density at radius 1 is 1.45 bits per heavy atom. The fourth-order valence-corrected chi connectivity index (χ4v) is 2.73. The summed E-state index contributed by atoms with van der Waals surface area (Å²) in [5, 5.41) is 3.17. The van der Waals surface area contributed by atoms with Crippen molar-refractivity contribution in [2.24, 2.45) is 0 Å². The molecule has 0 aromatic carbocycles. The second kappa shape index (κ2) is 6.67. The monoisotopic (exact) mass is 311 g/mol. The van der Waals surface area contributed by atoms with Gasteiger partial charge in [-0.15, -0.1) is 11.3 Å². The van der Waals surface area contributed by atoms with Crippen LogP contribution in [-0.4, -0.2) is 29.6 Å². The van der Waals surface area contributed by atoms with Crippen molar-refractivity contribution >= 4 is 34.7 Å². The van der Waals surface area contributed by atoms with E-state index in [0.717, 1.165) is 10.8 Å². The first kappa shape index (κ1) is 14.7. The maximum Gasteiger partial charge on any atom is 0.376 e. The van der Waals surface area contributed by atoms with Gasteiger partial charge in [0.1, 0.15) is 5.82 Å². The van der Waals surface area contributed by atoms with Crippen molar-refractivity contribution in [2.45, 2.75) is 13.3 Å². The molecule has 2 aromatic rings. The molecule has 0 atom stereocenters. The van der Waals surface area contributed by atoms with E-state index in [4.69, 9.17) is 11.6 Å². The zero-order valence-corrected chi connectivity index (χ0v) is 12.7. The summed E-state index contributed by atoms with van der Waals surface area (Å²) in [5.74, 6) is 0.136. The molecule has 0 fully saturated rings. The van der Waals surface area contributed by atoms with E-state index in [1.54, 1.807) is 24.3 Å². The summed E-state index contributed by atoms with van der Waals surface area (Å²) >= 11 is 7.43. The van der Waals surface area contributed by atoms with Gasteiger partial charge in [-0.3, -0.25) is 0 Å². The van der Waals surface area contributed by atoms with E-state index in [-0.39, 0.29) is 5.82 Å². The van der Waals surface area contributed by atoms with Gasteiger partial charge in [0.05, 0.1) is 11.4 Å². The lowest BCUT2D eigenvalue weighted by atomic mass is 10.3. The predicted molar refractivity (Wildman–Crippen MR) is 79.6 cm³/mol. The number of esters is 1. The van der Waals surface area contributed by atoms with E-state index in [2.05, 4.69) is 20.0 Å². The number of carbonyl (C=O) groups excluding carboxylic acids is 1. The van der Waals surface area contributed by atoms with E-state index in [9.17, 15) is 4.79 Å². The number of nitrogens with one attached hydrogen (secondary N) is 1. The number of aromatic nitrogens is 2. The average Bonchev–Trinajstić information content (AvgIpc) is 2.83. The van der Waals surface area contributed by atoms with Gasteiger partial charge in [-0.1, -0.05) is 11.6 Å². The first-order chi connectivity index (χ1) is 9.58. The van der Waals surface area contributed by atoms with Gasteiger partial charge in [0.2, 0.25) is 5.82 Å². The number of carbonyl (C=O) groups is 1. The summed E-state index contributed by atoms with van der Waals surface area (Å²) in [4.78, 5) is 20.8. The summed E-state index contributed by atoms with van der Waals surface area (Å²) in [6, 6.07) is 5.67. The SMILES string of the molecule is COC(=O)c1nc(C)cc(NCCc2ccc(Cl)s2)n1. The van der Waals surface area contributed by atoms with Gasteiger partial charge >= 0.3 is 5.97 Å². The lowest BCUT2D eigenvalue weighted by Crippen LogP contribution is -2.12. The van der Waals surface area contributed by atoms with Crippen molar-refractivity contribution < 1.29 is 9.53 Å². The predicted octanol–water partition coefficient (Wildman–Crippen LogP) is 2.94. The Hall–Kier alpha value is -1.66. The van der Waals surface area contributed by atoms with Crippen molar-refractivity contribution in [1.82, 2.24) is 9.97 Å². The molecule has 0 aliphatic heterocycles. The highest BCUT2D eigenvalue weighted by molar-refractivity contribution is 7.16. The van der Waals surface area contributed by atoms with Crippen LogP contribution in [-0.2, 0) is 11.2 Å². The molecule has 5 nitrogen and oxygen atoms in total. The zero-order valence-electron chi connectivity index (χ0n) is 11.1. The van der Waals surface area contributed by atoms with E-state index in [1.165, 1.54) is 12.0 Å². The molecule has 0 unspecified atom stereocenters. The molecular formula is C13H14ClN3O2S. The van der Waals surface area contributed by atoms with Crippen LogP contribution in [0.25, 0.3) is 0 Å². The zero-order chi connectivity index (χ0) is 14.5. The second-order valence-electron chi connectivity index (χ2n) is 4.09. The lowest BCUT2D eigenvalue weighted by Gasteiger charge is -2.07. The highest BCUT2D eigenvalue weighted by atomic mass is 35.5. The Bertz CT molecular complexity index is 615. The number of ether oxygens (including phenoxy) is 1. The van der Waals surface area contributed by atoms with Crippen LogP contribution < -0.4 is 5.32 Å². The van der Waals surface area contributed by atoms with Crippen LogP contribution in [0.1, 0.15) is 21.2 Å². The number of anilines is 1. The maximum atomic E-state index is 11.4. The Kier molecular flexibility index (Phi) is 4.92. The highest BCUT2D eigenvalue weighted by Gasteiger charge is 2.11. The summed E-state index contributed by atoms with van der Waals surface area (Å²) in [6.07, 6.45) is 0.841. The topological polar surface area (TPSA) is 64.1 Å². The Morgan fingerprint density at radius 2 is 2.25 bits per heavy atom. The standard InChI is InChI=1S/C13H14ClN3O2S/c1-8-7-11(17-12(16-8)13(18)19-2)15-6-5-9-3-4-10(14)20-9/h3-4,7H,5-6H2,1-2H3,(H,15,16,17). The molecule has 0 bridgehead atoms. The minimum absolute atomic E-state index is 0.0640. The second-order valence-corrected chi connectivity index (χ2v) is 5.89. The number of rotatable bonds is 5. The number of hydrogen-bond acceptors (Lipinski definition) is 6. The van der Waals surface area contributed by atoms with Crippen molar-refractivity contribution in [3.63, 3.8) is 0 Å². The normalized spacial score (nSPS) is 10.3. The van der Waals surface area contributed by atoms with E-state index in [0.29, 0.717) is 18.1 Å². The van der Waals surface area contributed by atoms with E-state index >= 15 is 0 Å². The largest absolute Gasteiger partial charge is 0.463 e. The molecule has 0 amide bonds. The Labute approximate surface area is 126 Å². The third-order valence-corrected chi connectivity index (χ3v) is 3.82. The summed E-state index contributed by atoms with van der Waals surface area (Å²) in [7, 11) is 1.31. The highest BCUT2D eigenvalue weighted by Crippen LogP contribution is 2.21. The number of aryl methyl sites for hydroxylation is 1. The molecule has 0 saturated heterocycles. The molecule has 0 spiro atoms. The number of methoxy groups -OCH3 is 1. The van der Waals surface area contributed by atoms with Crippen LogP contribution >= 0.6 is 22.9 Å². The van der Waals surface area contributed by atoms with Crippen molar-refractivity contribution in [3.05, 3.63) is 38.9 Å². The average molecular weight is 312 g/mol. The third-order valence-electron chi connectivity index (χ3n) is 2.53. The lowest BCUT2D eigenvalue weighted by molar-refractivity contribution is 0.0586. The summed E-state index contributed by atoms with van der Waals surface area (Å²) in [6.45, 7) is 2.51. The smallest absolute Gasteiger partial charge is 0.376 e. The molecule has 7 heteroatoms. The molecule has 2 aromatic heterocycles. The fourth-order valence-electron chi connectivity index (χ4n) is 1.64. The van der Waals surface area contributed by atoms with Crippen molar-refractivity contribution in [3.8, 4) is 0 Å². The Morgan fingerprint density at radius 3 is 2.90 bits per heavy atom. The van der Waals surface area contributed by atoms with Gasteiger partial charge in [-0.2, -0.15) is 0 Å². The summed E-state index contributed by atoms with van der Waals surface area (Å²) < 4.78 is 5.40. The van der Waals surface area contributed by atoms with Gasteiger partial charge in [-0.05, 0) is 25.5 Å². The van der Waals surface area contributed by atoms with Gasteiger partial charge < -0.3 is 10.1 Å². The van der Waals surface area contributed by atoms with Crippen LogP contribution in [0.2, 0.25) is 4.34 Å². The third kappa shape index (κ3) is 3.91. The minimum Gasteiger partial charge on any atom is -0.463 e. The van der Waals surface area contributed by atoms with Crippen LogP contribution in [0.3, 0.4) is 0 Å². The molecule has 106 valence electrons. The quantitative estimate of drug-likeness (QED) is 0.860. The molecule has 20 heavy (non-hydrogen) atoms. The minimum atomic E-state index is -0.540. The molecule has 2 rings (SSSR count). The van der Waals surface area contributed by atoms with E-state index in [1.807, 2.05) is 12.1 Å². The molecule has 1 N–H and O–H groups in total. The molecule has 0 aliphatic rings. The first-order valence-electron chi connectivity index (χ1n) is 6.00. The van der Waals surface area contributed by atoms with Crippen molar-refractivity contribution in [2.75, 3.05) is 19.0 Å². The Balaban J connectivity index is 1.98. The number of halogens is 1. The number of thiophene rings is 1. The summed E-state index contributed by atoms with van der Waals surface area (Å²) in [5.41, 5.74) is 0.710. The molecule has 0 saturated carbocycles. The van der Waals surface area contributed by atoms with E-state index < -0.39 is 5.97 Å². The van der Waals surface area contributed by atoms with Crippen LogP contribution in [0.15, 0.2) is 18.2 Å². The maximum absolute atomic E-state index is 11.4. The molecule has 2 heterocycles. The van der Waals surface area contributed by atoms with Crippen LogP contribution in [0.4, 0.5) is 5.82 Å². The van der Waals surface area contributed by atoms with Gasteiger partial charge in [0.25, 0.3) is 0 Å². The van der Waals surface area contributed by atoms with Gasteiger partial charge in [0, 0.05) is 23.2 Å². The van der Waals surface area contributed by atoms with Crippen LogP contribution in [0.5, 0.6) is 0 Å². The molecular weight excluding hydrogens is 298 g/mol. The van der Waals surface area contributed by atoms with Crippen LogP contribution in [0, 0.1) is 6.92 Å². The van der Waals surface area contributed by atoms with Crippen molar-refractivity contribution in [1.29, 1.82) is 0 Å².